The van der Waals surface area contributed by atoms with Gasteiger partial charge in [0.2, 0.25) is 11.8 Å². The first-order valence-electron chi connectivity index (χ1n) is 7.68. The van der Waals surface area contributed by atoms with Crippen LogP contribution < -0.4 is 10.6 Å². The van der Waals surface area contributed by atoms with Gasteiger partial charge in [-0.05, 0) is 36.8 Å². The molecule has 1 fully saturated rings. The van der Waals surface area contributed by atoms with E-state index >= 15 is 0 Å². The number of carbonyl (C=O) groups is 2. The molecule has 5 nitrogen and oxygen atoms in total. The molecule has 0 radical (unpaired) electrons. The predicted molar refractivity (Wildman–Crippen MR) is 102 cm³/mol. The quantitative estimate of drug-likeness (QED) is 0.853. The molecule has 2 aromatic carbocycles. The number of carbonyl (C=O) groups excluding carboxylic acids is 2. The molecule has 128 valence electrons. The summed E-state index contributed by atoms with van der Waals surface area (Å²) in [5, 5.41) is 5.90. The standard InChI is InChI=1S/C18H16ClN3O2S/c1-11-5-4-6-12(9-11)20-18-22-17(24)15(25-18)10-16(23)21-14-8-3-2-7-13(14)19/h2-9,15H,10H2,1H3,(H,21,23)(H,20,22,24)/t15-/m0/s1. The van der Waals surface area contributed by atoms with Gasteiger partial charge in [0.05, 0.1) is 16.4 Å². The topological polar surface area (TPSA) is 70.6 Å². The second kappa shape index (κ2) is 7.72. The molecule has 2 aromatic rings. The van der Waals surface area contributed by atoms with Gasteiger partial charge in [0.25, 0.3) is 0 Å². The molecule has 3 rings (SSSR count). The molecule has 1 aliphatic rings. The SMILES string of the molecule is Cc1cccc(N=C2NC(=O)[C@H](CC(=O)Nc3ccccc3Cl)S2)c1. The minimum absolute atomic E-state index is 0.0502. The van der Waals surface area contributed by atoms with Crippen LogP contribution in [0, 0.1) is 6.92 Å². The maximum absolute atomic E-state index is 12.2. The Balaban J connectivity index is 1.63. The Hall–Kier alpha value is -2.31. The van der Waals surface area contributed by atoms with Gasteiger partial charge < -0.3 is 10.6 Å². The number of aliphatic imine (C=N–C) groups is 1. The van der Waals surface area contributed by atoms with Crippen molar-refractivity contribution in [2.24, 2.45) is 4.99 Å². The molecule has 0 bridgehead atoms. The Bertz CT molecular complexity index is 854. The first-order chi connectivity index (χ1) is 12.0. The monoisotopic (exact) mass is 373 g/mol. The molecule has 0 aliphatic carbocycles. The fraction of sp³-hybridized carbons (Fsp3) is 0.167. The second-order valence-electron chi connectivity index (χ2n) is 5.58. The number of benzene rings is 2. The maximum Gasteiger partial charge on any atom is 0.240 e. The zero-order valence-electron chi connectivity index (χ0n) is 13.5. The van der Waals surface area contributed by atoms with Crippen molar-refractivity contribution in [2.45, 2.75) is 18.6 Å². The lowest BCUT2D eigenvalue weighted by atomic mass is 10.2. The first-order valence-corrected chi connectivity index (χ1v) is 8.94. The van der Waals surface area contributed by atoms with Crippen LogP contribution in [-0.4, -0.2) is 22.2 Å². The summed E-state index contributed by atoms with van der Waals surface area (Å²) >= 11 is 7.28. The summed E-state index contributed by atoms with van der Waals surface area (Å²) < 4.78 is 0. The van der Waals surface area contributed by atoms with Gasteiger partial charge in [-0.1, -0.05) is 47.6 Å². The smallest absolute Gasteiger partial charge is 0.240 e. The molecule has 2 N–H and O–H groups in total. The zero-order chi connectivity index (χ0) is 17.8. The number of amides is 2. The van der Waals surface area contributed by atoms with Crippen LogP contribution in [0.3, 0.4) is 0 Å². The summed E-state index contributed by atoms with van der Waals surface area (Å²) in [7, 11) is 0. The maximum atomic E-state index is 12.2. The number of para-hydroxylation sites is 1. The molecule has 0 unspecified atom stereocenters. The van der Waals surface area contributed by atoms with Gasteiger partial charge in [0.15, 0.2) is 5.17 Å². The van der Waals surface area contributed by atoms with Crippen molar-refractivity contribution in [2.75, 3.05) is 5.32 Å². The molecule has 0 spiro atoms. The highest BCUT2D eigenvalue weighted by atomic mass is 35.5. The summed E-state index contributed by atoms with van der Waals surface area (Å²) in [5.74, 6) is -0.483. The molecule has 0 saturated carbocycles. The number of aryl methyl sites for hydroxylation is 1. The van der Waals surface area contributed by atoms with Crippen molar-refractivity contribution >= 4 is 51.7 Å². The lowest BCUT2D eigenvalue weighted by Gasteiger charge is -2.08. The summed E-state index contributed by atoms with van der Waals surface area (Å²) in [4.78, 5) is 28.7. The Labute approximate surface area is 154 Å². The predicted octanol–water partition coefficient (Wildman–Crippen LogP) is 3.90. The number of thioether (sulfide) groups is 1. The highest BCUT2D eigenvalue weighted by Crippen LogP contribution is 2.27. The average molecular weight is 374 g/mol. The zero-order valence-corrected chi connectivity index (χ0v) is 15.0. The van der Waals surface area contributed by atoms with E-state index in [0.29, 0.717) is 15.9 Å². The molecule has 2 amide bonds. The number of amidine groups is 1. The van der Waals surface area contributed by atoms with Crippen LogP contribution in [0.1, 0.15) is 12.0 Å². The van der Waals surface area contributed by atoms with Crippen LogP contribution in [0.4, 0.5) is 11.4 Å². The van der Waals surface area contributed by atoms with Crippen molar-refractivity contribution < 1.29 is 9.59 Å². The van der Waals surface area contributed by atoms with Crippen LogP contribution in [0.15, 0.2) is 53.5 Å². The van der Waals surface area contributed by atoms with Gasteiger partial charge in [-0.3, -0.25) is 9.59 Å². The first kappa shape index (κ1) is 17.5. The van der Waals surface area contributed by atoms with E-state index < -0.39 is 5.25 Å². The van der Waals surface area contributed by atoms with E-state index in [1.54, 1.807) is 24.3 Å². The minimum Gasteiger partial charge on any atom is -0.325 e. The molecule has 0 aromatic heterocycles. The Morgan fingerprint density at radius 2 is 2.08 bits per heavy atom. The number of rotatable bonds is 4. The van der Waals surface area contributed by atoms with Crippen LogP contribution in [0.2, 0.25) is 5.02 Å². The molecule has 1 heterocycles. The van der Waals surface area contributed by atoms with E-state index in [2.05, 4.69) is 15.6 Å². The molecule has 1 atom stereocenters. The van der Waals surface area contributed by atoms with Crippen LogP contribution in [-0.2, 0) is 9.59 Å². The second-order valence-corrected chi connectivity index (χ2v) is 7.18. The molecule has 1 aliphatic heterocycles. The van der Waals surface area contributed by atoms with Crippen molar-refractivity contribution in [3.63, 3.8) is 0 Å². The highest BCUT2D eigenvalue weighted by molar-refractivity contribution is 8.15. The van der Waals surface area contributed by atoms with E-state index in [0.717, 1.165) is 11.3 Å². The van der Waals surface area contributed by atoms with Gasteiger partial charge >= 0.3 is 0 Å². The Morgan fingerprint density at radius 3 is 2.84 bits per heavy atom. The van der Waals surface area contributed by atoms with Gasteiger partial charge in [-0.25, -0.2) is 4.99 Å². The Morgan fingerprint density at radius 1 is 1.28 bits per heavy atom. The number of halogens is 1. The number of nitrogens with one attached hydrogen (secondary N) is 2. The van der Waals surface area contributed by atoms with Crippen molar-refractivity contribution in [3.8, 4) is 0 Å². The normalized spacial score (nSPS) is 18.2. The fourth-order valence-corrected chi connectivity index (χ4v) is 3.51. The van der Waals surface area contributed by atoms with E-state index in [1.165, 1.54) is 11.8 Å². The third-order valence-electron chi connectivity index (χ3n) is 3.53. The van der Waals surface area contributed by atoms with E-state index in [-0.39, 0.29) is 18.2 Å². The molecule has 7 heteroatoms. The van der Waals surface area contributed by atoms with Gasteiger partial charge in [-0.2, -0.15) is 0 Å². The third kappa shape index (κ3) is 4.61. The number of nitrogens with zero attached hydrogens (tertiary/aromatic N) is 1. The van der Waals surface area contributed by atoms with E-state index in [1.807, 2.05) is 31.2 Å². The number of anilines is 1. The summed E-state index contributed by atoms with van der Waals surface area (Å²) in [6.07, 6.45) is 0.0502. The Kier molecular flexibility index (Phi) is 5.40. The van der Waals surface area contributed by atoms with Crippen LogP contribution >= 0.6 is 23.4 Å². The number of hydrogen-bond donors (Lipinski definition) is 2. The van der Waals surface area contributed by atoms with Crippen LogP contribution in [0.25, 0.3) is 0 Å². The van der Waals surface area contributed by atoms with Crippen molar-refractivity contribution in [1.29, 1.82) is 0 Å². The van der Waals surface area contributed by atoms with Gasteiger partial charge in [-0.15, -0.1) is 0 Å². The molecule has 25 heavy (non-hydrogen) atoms. The molecule has 1 saturated heterocycles. The molecular formula is C18H16ClN3O2S. The summed E-state index contributed by atoms with van der Waals surface area (Å²) in [6, 6.07) is 14.7. The van der Waals surface area contributed by atoms with Gasteiger partial charge in [0, 0.05) is 6.42 Å². The lowest BCUT2D eigenvalue weighted by molar-refractivity contribution is -0.122. The van der Waals surface area contributed by atoms with Crippen molar-refractivity contribution in [3.05, 3.63) is 59.1 Å². The minimum atomic E-state index is -0.508. The summed E-state index contributed by atoms with van der Waals surface area (Å²) in [5.41, 5.74) is 2.39. The fourth-order valence-electron chi connectivity index (χ4n) is 2.34. The largest absolute Gasteiger partial charge is 0.325 e. The molecular weight excluding hydrogens is 358 g/mol. The number of hydrogen-bond acceptors (Lipinski definition) is 4. The average Bonchev–Trinajstić information content (AvgIpc) is 2.89. The van der Waals surface area contributed by atoms with E-state index in [9.17, 15) is 9.59 Å². The summed E-state index contributed by atoms with van der Waals surface area (Å²) in [6.45, 7) is 1.98. The lowest BCUT2D eigenvalue weighted by Crippen LogP contribution is -2.28. The van der Waals surface area contributed by atoms with E-state index in [4.69, 9.17) is 11.6 Å². The highest BCUT2D eigenvalue weighted by Gasteiger charge is 2.32. The van der Waals surface area contributed by atoms with Gasteiger partial charge in [0.1, 0.15) is 5.25 Å². The van der Waals surface area contributed by atoms with Crippen molar-refractivity contribution in [1.82, 2.24) is 5.32 Å². The van der Waals surface area contributed by atoms with Crippen LogP contribution in [0.5, 0.6) is 0 Å². The third-order valence-corrected chi connectivity index (χ3v) is 4.94.